The fraction of sp³-hybridized carbons (Fsp3) is 0.409. The molecule has 1 amide bonds. The Morgan fingerprint density at radius 2 is 1.94 bits per heavy atom. The second-order valence-electron chi connectivity index (χ2n) is 7.54. The van der Waals surface area contributed by atoms with Gasteiger partial charge in [0.05, 0.1) is 12.9 Å². The van der Waals surface area contributed by atoms with E-state index in [1.165, 1.54) is 18.2 Å². The number of rotatable bonds is 8. The predicted octanol–water partition coefficient (Wildman–Crippen LogP) is 2.96. The van der Waals surface area contributed by atoms with Crippen LogP contribution in [0.4, 0.5) is 4.39 Å². The molecular formula is C22H27FN2O5S. The molecule has 0 aliphatic carbocycles. The SMILES string of the molecule is CCOc1cc(CN2CCC(NC(=O)c3cccc(OS(C)(=O)=O)c3)CC2)ccc1F. The third kappa shape index (κ3) is 6.93. The first-order valence-corrected chi connectivity index (χ1v) is 12.0. The molecule has 31 heavy (non-hydrogen) atoms. The van der Waals surface area contributed by atoms with Crippen LogP contribution >= 0.6 is 0 Å². The fourth-order valence-corrected chi connectivity index (χ4v) is 3.99. The van der Waals surface area contributed by atoms with Crippen LogP contribution in [-0.2, 0) is 16.7 Å². The van der Waals surface area contributed by atoms with Crippen LogP contribution in [0.1, 0.15) is 35.7 Å². The van der Waals surface area contributed by atoms with E-state index < -0.39 is 10.1 Å². The molecule has 1 saturated heterocycles. The summed E-state index contributed by atoms with van der Waals surface area (Å²) in [4.78, 5) is 14.8. The first-order valence-electron chi connectivity index (χ1n) is 10.2. The van der Waals surface area contributed by atoms with Crippen LogP contribution in [0.25, 0.3) is 0 Å². The van der Waals surface area contributed by atoms with Gasteiger partial charge in [0, 0.05) is 31.2 Å². The van der Waals surface area contributed by atoms with Gasteiger partial charge in [-0.3, -0.25) is 9.69 Å². The average Bonchev–Trinajstić information content (AvgIpc) is 2.71. The quantitative estimate of drug-likeness (QED) is 0.623. The van der Waals surface area contributed by atoms with Gasteiger partial charge in [0.1, 0.15) is 5.75 Å². The van der Waals surface area contributed by atoms with Gasteiger partial charge in [0.2, 0.25) is 0 Å². The lowest BCUT2D eigenvalue weighted by molar-refractivity contribution is 0.0908. The number of hydrogen-bond donors (Lipinski definition) is 1. The molecule has 0 bridgehead atoms. The summed E-state index contributed by atoms with van der Waals surface area (Å²) in [5.41, 5.74) is 1.33. The maximum atomic E-state index is 13.7. The zero-order chi connectivity index (χ0) is 22.4. The van der Waals surface area contributed by atoms with Crippen molar-refractivity contribution in [1.82, 2.24) is 10.2 Å². The van der Waals surface area contributed by atoms with Crippen LogP contribution in [0, 0.1) is 5.82 Å². The predicted molar refractivity (Wildman–Crippen MR) is 115 cm³/mol. The van der Waals surface area contributed by atoms with E-state index in [2.05, 4.69) is 10.2 Å². The van der Waals surface area contributed by atoms with E-state index in [4.69, 9.17) is 8.92 Å². The molecule has 2 aromatic rings. The zero-order valence-electron chi connectivity index (χ0n) is 17.6. The maximum Gasteiger partial charge on any atom is 0.306 e. The van der Waals surface area contributed by atoms with Crippen molar-refractivity contribution in [1.29, 1.82) is 0 Å². The summed E-state index contributed by atoms with van der Waals surface area (Å²) in [5, 5.41) is 3.00. The molecule has 0 radical (unpaired) electrons. The van der Waals surface area contributed by atoms with Crippen molar-refractivity contribution >= 4 is 16.0 Å². The summed E-state index contributed by atoms with van der Waals surface area (Å²) in [7, 11) is -3.65. The molecule has 1 aliphatic rings. The lowest BCUT2D eigenvalue weighted by Crippen LogP contribution is -2.44. The number of benzene rings is 2. The molecule has 1 N–H and O–H groups in total. The highest BCUT2D eigenvalue weighted by Gasteiger charge is 2.22. The molecule has 1 heterocycles. The van der Waals surface area contributed by atoms with Crippen molar-refractivity contribution in [2.45, 2.75) is 32.4 Å². The topological polar surface area (TPSA) is 84.9 Å². The van der Waals surface area contributed by atoms with Crippen LogP contribution in [-0.4, -0.2) is 51.2 Å². The number of hydrogen-bond acceptors (Lipinski definition) is 6. The van der Waals surface area contributed by atoms with Crippen LogP contribution < -0.4 is 14.2 Å². The van der Waals surface area contributed by atoms with Crippen LogP contribution in [0.15, 0.2) is 42.5 Å². The molecule has 0 aromatic heterocycles. The van der Waals surface area contributed by atoms with Crippen LogP contribution in [0.2, 0.25) is 0 Å². The third-order valence-corrected chi connectivity index (χ3v) is 5.46. The average molecular weight is 451 g/mol. The van der Waals surface area contributed by atoms with Gasteiger partial charge in [0.25, 0.3) is 5.91 Å². The van der Waals surface area contributed by atoms with Gasteiger partial charge in [-0.1, -0.05) is 12.1 Å². The van der Waals surface area contributed by atoms with Crippen molar-refractivity contribution in [3.63, 3.8) is 0 Å². The van der Waals surface area contributed by atoms with E-state index in [0.29, 0.717) is 18.7 Å². The number of carbonyl (C=O) groups is 1. The smallest absolute Gasteiger partial charge is 0.306 e. The lowest BCUT2D eigenvalue weighted by atomic mass is 10.0. The summed E-state index contributed by atoms with van der Waals surface area (Å²) >= 11 is 0. The first-order chi connectivity index (χ1) is 14.7. The molecule has 0 spiro atoms. The highest BCUT2D eigenvalue weighted by atomic mass is 32.2. The second kappa shape index (κ2) is 10.1. The number of nitrogens with zero attached hydrogens (tertiary/aromatic N) is 1. The van der Waals surface area contributed by atoms with Crippen molar-refractivity contribution < 1.29 is 26.5 Å². The van der Waals surface area contributed by atoms with Crippen LogP contribution in [0.5, 0.6) is 11.5 Å². The van der Waals surface area contributed by atoms with Gasteiger partial charge in [-0.25, -0.2) is 4.39 Å². The van der Waals surface area contributed by atoms with Crippen molar-refractivity contribution in [2.75, 3.05) is 26.0 Å². The van der Waals surface area contributed by atoms with Crippen molar-refractivity contribution in [3.8, 4) is 11.5 Å². The van der Waals surface area contributed by atoms with Crippen LogP contribution in [0.3, 0.4) is 0 Å². The molecule has 3 rings (SSSR count). The van der Waals surface area contributed by atoms with E-state index in [1.807, 2.05) is 6.92 Å². The van der Waals surface area contributed by atoms with E-state index in [0.717, 1.165) is 37.8 Å². The molecule has 0 atom stereocenters. The minimum Gasteiger partial charge on any atom is -0.491 e. The molecule has 1 fully saturated rings. The molecular weight excluding hydrogens is 423 g/mol. The van der Waals surface area contributed by atoms with E-state index in [9.17, 15) is 17.6 Å². The number of likely N-dealkylation sites (tertiary alicyclic amines) is 1. The Balaban J connectivity index is 1.52. The van der Waals surface area contributed by atoms with Gasteiger partial charge < -0.3 is 14.2 Å². The van der Waals surface area contributed by atoms with E-state index in [1.54, 1.807) is 24.3 Å². The number of carbonyl (C=O) groups excluding carboxylic acids is 1. The van der Waals surface area contributed by atoms with Gasteiger partial charge in [0.15, 0.2) is 11.6 Å². The normalized spacial score (nSPS) is 15.5. The highest BCUT2D eigenvalue weighted by molar-refractivity contribution is 7.86. The second-order valence-corrected chi connectivity index (χ2v) is 9.11. The van der Waals surface area contributed by atoms with Gasteiger partial charge in [-0.15, -0.1) is 0 Å². The molecule has 1 aliphatic heterocycles. The van der Waals surface area contributed by atoms with Crippen molar-refractivity contribution in [3.05, 3.63) is 59.4 Å². The largest absolute Gasteiger partial charge is 0.491 e. The lowest BCUT2D eigenvalue weighted by Gasteiger charge is -2.32. The first kappa shape index (κ1) is 23.0. The highest BCUT2D eigenvalue weighted by Crippen LogP contribution is 2.22. The number of amides is 1. The summed E-state index contributed by atoms with van der Waals surface area (Å²) < 4.78 is 46.4. The molecule has 0 saturated carbocycles. The monoisotopic (exact) mass is 450 g/mol. The maximum absolute atomic E-state index is 13.7. The Morgan fingerprint density at radius 1 is 1.19 bits per heavy atom. The van der Waals surface area contributed by atoms with Crippen molar-refractivity contribution in [2.24, 2.45) is 0 Å². The third-order valence-electron chi connectivity index (χ3n) is 4.97. The van der Waals surface area contributed by atoms with Gasteiger partial charge in [-0.2, -0.15) is 8.42 Å². The Labute approximate surface area is 182 Å². The molecule has 7 nitrogen and oxygen atoms in total. The summed E-state index contributed by atoms with van der Waals surface area (Å²) in [5.74, 6) is -0.254. The molecule has 2 aromatic carbocycles. The number of halogens is 1. The molecule has 9 heteroatoms. The Hall–Kier alpha value is -2.65. The minimum absolute atomic E-state index is 0.0236. The Kier molecular flexibility index (Phi) is 7.50. The number of ether oxygens (including phenoxy) is 1. The van der Waals surface area contributed by atoms with E-state index in [-0.39, 0.29) is 29.3 Å². The minimum atomic E-state index is -3.65. The summed E-state index contributed by atoms with van der Waals surface area (Å²) in [6.45, 7) is 4.51. The fourth-order valence-electron chi connectivity index (χ4n) is 3.54. The number of piperidine rings is 1. The zero-order valence-corrected chi connectivity index (χ0v) is 18.5. The van der Waals surface area contributed by atoms with Gasteiger partial charge >= 0.3 is 10.1 Å². The summed E-state index contributed by atoms with van der Waals surface area (Å²) in [6, 6.07) is 11.0. The standard InChI is InChI=1S/C22H27FN2O5S/c1-3-29-21-13-16(7-8-20(21)23)15-25-11-9-18(10-12-25)24-22(26)17-5-4-6-19(14-17)30-31(2,27)28/h4-8,13-14,18H,3,9-12,15H2,1-2H3,(H,24,26). The van der Waals surface area contributed by atoms with E-state index >= 15 is 0 Å². The number of nitrogens with one attached hydrogen (secondary N) is 1. The molecule has 0 unspecified atom stereocenters. The Morgan fingerprint density at radius 3 is 2.61 bits per heavy atom. The van der Waals surface area contributed by atoms with Gasteiger partial charge in [-0.05, 0) is 55.7 Å². The molecule has 168 valence electrons. The summed E-state index contributed by atoms with van der Waals surface area (Å²) in [6.07, 6.45) is 2.52. The Bertz CT molecular complexity index is 1020.